The van der Waals surface area contributed by atoms with Crippen LogP contribution in [0, 0.1) is 12.3 Å². The first-order chi connectivity index (χ1) is 27.7. The zero-order chi connectivity index (χ0) is 41.3. The number of aromatic nitrogens is 4. The van der Waals surface area contributed by atoms with Crippen LogP contribution in [0.4, 0.5) is 16.6 Å². The zero-order valence-electron chi connectivity index (χ0n) is 33.0. The van der Waals surface area contributed by atoms with Crippen LogP contribution in [0.3, 0.4) is 0 Å². The number of hydrogen-bond acceptors (Lipinski definition) is 14. The number of nitrogens with one attached hydrogen (secondary N) is 2. The normalized spacial score (nSPS) is 18.2. The number of anilines is 3. The number of nitrogen functional groups attached to an aromatic ring is 1. The number of aryl methyl sites for hydroxylation is 1. The van der Waals surface area contributed by atoms with Crippen LogP contribution in [0.25, 0.3) is 21.7 Å². The molecule has 0 spiro atoms. The number of aromatic hydroxyl groups is 1. The summed E-state index contributed by atoms with van der Waals surface area (Å²) in [5, 5.41) is 37.7. The van der Waals surface area contributed by atoms with Crippen molar-refractivity contribution in [2.75, 3.05) is 48.3 Å². The summed E-state index contributed by atoms with van der Waals surface area (Å²) in [7, 11) is 0. The third kappa shape index (κ3) is 8.61. The molecule has 5 aromatic rings. The van der Waals surface area contributed by atoms with E-state index >= 15 is 0 Å². The van der Waals surface area contributed by atoms with E-state index in [1.54, 1.807) is 34.9 Å². The minimum Gasteiger partial charge on any atom is -0.507 e. The maximum Gasteiger partial charge on any atom is 0.271 e. The van der Waals surface area contributed by atoms with Gasteiger partial charge in [0.25, 0.3) is 5.91 Å². The van der Waals surface area contributed by atoms with Gasteiger partial charge in [-0.2, -0.15) is 0 Å². The molecule has 5 heterocycles. The number of aliphatic hydroxyl groups is 1. The Balaban J connectivity index is 0.979. The van der Waals surface area contributed by atoms with Gasteiger partial charge in [-0.1, -0.05) is 57.2 Å². The lowest BCUT2D eigenvalue weighted by Gasteiger charge is -2.36. The smallest absolute Gasteiger partial charge is 0.271 e. The van der Waals surface area contributed by atoms with E-state index in [4.69, 9.17) is 5.73 Å². The number of rotatable bonds is 10. The molecule has 0 aliphatic carbocycles. The fourth-order valence-electron chi connectivity index (χ4n) is 7.34. The molecule has 2 aromatic carbocycles. The Labute approximate surface area is 345 Å². The van der Waals surface area contributed by atoms with Crippen LogP contribution in [-0.2, 0) is 9.59 Å². The number of piperazine rings is 1. The van der Waals surface area contributed by atoms with Gasteiger partial charge in [-0.3, -0.25) is 14.4 Å². The molecule has 4 unspecified atom stereocenters. The molecule has 3 aromatic heterocycles. The van der Waals surface area contributed by atoms with Crippen LogP contribution in [-0.4, -0.2) is 104 Å². The third-order valence-electron chi connectivity index (χ3n) is 10.6. The summed E-state index contributed by atoms with van der Waals surface area (Å²) in [5.74, 6) is -0.934. The molecule has 0 bridgehead atoms. The predicted molar refractivity (Wildman–Crippen MR) is 226 cm³/mol. The second-order valence-corrected chi connectivity index (χ2v) is 17.5. The second kappa shape index (κ2) is 16.7. The molecular weight excluding hydrogens is 777 g/mol. The monoisotopic (exact) mass is 824 g/mol. The van der Waals surface area contributed by atoms with Crippen molar-refractivity contribution in [3.63, 3.8) is 0 Å². The van der Waals surface area contributed by atoms with Crippen LogP contribution in [0.5, 0.6) is 5.75 Å². The fourth-order valence-corrected chi connectivity index (χ4v) is 9.01. The average molecular weight is 825 g/mol. The summed E-state index contributed by atoms with van der Waals surface area (Å²) in [6, 6.07) is 14.4. The standard InChI is InChI=1S/C41H48N10O5S2/c1-23(25-10-12-26(13-11-25)34-24(2)43-22-58-34)44-38(55)32-18-27(52)20-51(32)39(56)35(41(3,4)5)46-37(54)30-21-57-40(45-30)50-16-14-49(15-17-50)31-19-29(47-48-36(31)42)28-8-6-7-9-33(28)53/h6-13,19,21-23,27,32,35,52-53H,14-18,20H2,1-5H3,(H2,42,48)(H,44,55)(H,46,54). The summed E-state index contributed by atoms with van der Waals surface area (Å²) in [5.41, 5.74) is 12.2. The number of amides is 3. The Kier molecular flexibility index (Phi) is 11.7. The number of nitrogens with two attached hydrogens (primary N) is 1. The molecule has 58 heavy (non-hydrogen) atoms. The number of hydrogen-bond donors (Lipinski definition) is 5. The zero-order valence-corrected chi connectivity index (χ0v) is 34.7. The Morgan fingerprint density at radius 2 is 1.67 bits per heavy atom. The number of aliphatic hydroxyl groups excluding tert-OH is 1. The Morgan fingerprint density at radius 1 is 0.966 bits per heavy atom. The molecule has 2 aliphatic heterocycles. The number of thiazole rings is 2. The molecule has 304 valence electrons. The summed E-state index contributed by atoms with van der Waals surface area (Å²) in [6.45, 7) is 11.8. The molecule has 4 atom stereocenters. The number of carbonyl (C=O) groups excluding carboxylic acids is 3. The fraction of sp³-hybridized carbons (Fsp3) is 0.390. The van der Waals surface area contributed by atoms with E-state index in [1.165, 1.54) is 16.2 Å². The number of para-hydroxylation sites is 1. The molecule has 2 aliphatic rings. The van der Waals surface area contributed by atoms with Gasteiger partial charge in [-0.05, 0) is 48.6 Å². The average Bonchev–Trinajstić information content (AvgIpc) is 3.97. The Bertz CT molecular complexity index is 2280. The second-order valence-electron chi connectivity index (χ2n) is 15.8. The lowest BCUT2D eigenvalue weighted by molar-refractivity contribution is -0.142. The van der Waals surface area contributed by atoms with Gasteiger partial charge in [0, 0.05) is 50.1 Å². The van der Waals surface area contributed by atoms with Gasteiger partial charge in [-0.25, -0.2) is 9.97 Å². The van der Waals surface area contributed by atoms with Crippen molar-refractivity contribution in [2.24, 2.45) is 5.41 Å². The molecule has 17 heteroatoms. The summed E-state index contributed by atoms with van der Waals surface area (Å²) in [6.07, 6.45) is -0.802. The predicted octanol–water partition coefficient (Wildman–Crippen LogP) is 4.63. The highest BCUT2D eigenvalue weighted by Gasteiger charge is 2.45. The van der Waals surface area contributed by atoms with Gasteiger partial charge < -0.3 is 41.3 Å². The van der Waals surface area contributed by atoms with Gasteiger partial charge in [0.2, 0.25) is 11.8 Å². The number of likely N-dealkylation sites (tertiary alicyclic amines) is 1. The highest BCUT2D eigenvalue weighted by molar-refractivity contribution is 7.14. The summed E-state index contributed by atoms with van der Waals surface area (Å²) < 4.78 is 0. The van der Waals surface area contributed by atoms with Crippen molar-refractivity contribution >= 4 is 57.0 Å². The Morgan fingerprint density at radius 3 is 2.34 bits per heavy atom. The molecule has 0 radical (unpaired) electrons. The molecular formula is C41H48N10O5S2. The van der Waals surface area contributed by atoms with Gasteiger partial charge >= 0.3 is 0 Å². The maximum absolute atomic E-state index is 14.3. The van der Waals surface area contributed by atoms with E-state index in [0.717, 1.165) is 27.4 Å². The van der Waals surface area contributed by atoms with Crippen LogP contribution >= 0.6 is 22.7 Å². The van der Waals surface area contributed by atoms with Crippen LogP contribution in [0.2, 0.25) is 0 Å². The van der Waals surface area contributed by atoms with Crippen molar-refractivity contribution in [2.45, 2.75) is 65.3 Å². The quantitative estimate of drug-likeness (QED) is 0.131. The van der Waals surface area contributed by atoms with E-state index in [9.17, 15) is 24.6 Å². The van der Waals surface area contributed by atoms with Crippen LogP contribution < -0.4 is 26.2 Å². The molecule has 15 nitrogen and oxygen atoms in total. The molecule has 0 saturated carbocycles. The molecule has 2 saturated heterocycles. The van der Waals surface area contributed by atoms with Crippen molar-refractivity contribution < 1.29 is 24.6 Å². The number of carbonyl (C=O) groups is 3. The highest BCUT2D eigenvalue weighted by Crippen LogP contribution is 2.33. The minimum atomic E-state index is -1.00. The van der Waals surface area contributed by atoms with Crippen LogP contribution in [0.15, 0.2) is 65.5 Å². The highest BCUT2D eigenvalue weighted by atomic mass is 32.1. The molecule has 2 fully saturated rings. The third-order valence-corrected chi connectivity index (χ3v) is 12.5. The molecule has 7 rings (SSSR count). The first-order valence-corrected chi connectivity index (χ1v) is 20.9. The number of benzene rings is 2. The number of β-amino-alcohol motifs (C(OH)–C–C–N with tert-alkyl or cyclic N) is 1. The van der Waals surface area contributed by atoms with E-state index in [1.807, 2.05) is 76.5 Å². The molecule has 3 amide bonds. The van der Waals surface area contributed by atoms with E-state index in [2.05, 4.69) is 40.6 Å². The Hall–Kier alpha value is -5.65. The number of phenols is 1. The first-order valence-electron chi connectivity index (χ1n) is 19.1. The van der Waals surface area contributed by atoms with E-state index in [0.29, 0.717) is 42.6 Å². The molecule has 6 N–H and O–H groups in total. The van der Waals surface area contributed by atoms with E-state index in [-0.39, 0.29) is 42.2 Å². The lowest BCUT2D eigenvalue weighted by atomic mass is 9.85. The first kappa shape index (κ1) is 40.5. The van der Waals surface area contributed by atoms with Crippen molar-refractivity contribution in [1.29, 1.82) is 0 Å². The summed E-state index contributed by atoms with van der Waals surface area (Å²) in [4.78, 5) is 57.4. The maximum atomic E-state index is 14.3. The SMILES string of the molecule is Cc1ncsc1-c1ccc(C(C)NC(=O)C2CC(O)CN2C(=O)C(NC(=O)c2csc(N3CCN(c4cc(-c5ccccc5O)nnc4N)CC3)n2)C(C)(C)C)cc1. The number of nitrogens with zero attached hydrogens (tertiary/aromatic N) is 7. The largest absolute Gasteiger partial charge is 0.507 e. The van der Waals surface area contributed by atoms with Gasteiger partial charge in [0.05, 0.1) is 39.6 Å². The summed E-state index contributed by atoms with van der Waals surface area (Å²) >= 11 is 2.91. The van der Waals surface area contributed by atoms with Crippen molar-refractivity contribution in [3.8, 4) is 27.4 Å². The van der Waals surface area contributed by atoms with E-state index < -0.39 is 35.4 Å². The van der Waals surface area contributed by atoms with Gasteiger partial charge in [0.1, 0.15) is 23.5 Å². The van der Waals surface area contributed by atoms with Crippen LogP contribution in [0.1, 0.15) is 61.9 Å². The number of phenolic OH excluding ortho intramolecular Hbond substituents is 1. The van der Waals surface area contributed by atoms with Crippen molar-refractivity contribution in [3.05, 3.63) is 82.4 Å². The lowest BCUT2D eigenvalue weighted by Crippen LogP contribution is -2.57. The van der Waals surface area contributed by atoms with Gasteiger partial charge in [-0.15, -0.1) is 32.9 Å². The minimum absolute atomic E-state index is 0.0271. The van der Waals surface area contributed by atoms with Crippen molar-refractivity contribution in [1.82, 2.24) is 35.7 Å². The topological polar surface area (TPSA) is 203 Å². The van der Waals surface area contributed by atoms with Gasteiger partial charge in [0.15, 0.2) is 10.9 Å².